The Morgan fingerprint density at radius 3 is 3.00 bits per heavy atom. The highest BCUT2D eigenvalue weighted by Crippen LogP contribution is 2.27. The lowest BCUT2D eigenvalue weighted by Gasteiger charge is -2.17. The van der Waals surface area contributed by atoms with Crippen LogP contribution in [-0.4, -0.2) is 21.0 Å². The Bertz CT molecular complexity index is 640. The van der Waals surface area contributed by atoms with Gasteiger partial charge in [0, 0.05) is 23.9 Å². The molecule has 19 heavy (non-hydrogen) atoms. The van der Waals surface area contributed by atoms with Gasteiger partial charge in [-0.15, -0.1) is 0 Å². The number of carbonyl (C=O) groups excluding carboxylic acids is 1. The molecule has 0 bridgehead atoms. The predicted molar refractivity (Wildman–Crippen MR) is 70.3 cm³/mol. The second-order valence-corrected chi connectivity index (χ2v) is 4.44. The second kappa shape index (κ2) is 4.78. The van der Waals surface area contributed by atoms with Gasteiger partial charge in [0.1, 0.15) is 6.61 Å². The zero-order valence-electron chi connectivity index (χ0n) is 10.3. The van der Waals surface area contributed by atoms with Gasteiger partial charge in [-0.1, -0.05) is 6.07 Å². The number of hydrogen-bond donors (Lipinski definition) is 2. The van der Waals surface area contributed by atoms with Crippen LogP contribution >= 0.6 is 0 Å². The molecular formula is C14H13N3O2. The van der Waals surface area contributed by atoms with E-state index in [1.165, 1.54) is 0 Å². The first-order valence-corrected chi connectivity index (χ1v) is 6.12. The number of aliphatic hydroxyl groups is 1. The summed E-state index contributed by atoms with van der Waals surface area (Å²) in [5.41, 5.74) is 3.73. The van der Waals surface area contributed by atoms with Crippen molar-refractivity contribution < 1.29 is 9.90 Å². The van der Waals surface area contributed by atoms with Crippen molar-refractivity contribution in [2.24, 2.45) is 0 Å². The van der Waals surface area contributed by atoms with Crippen LogP contribution in [0.2, 0.25) is 0 Å². The maximum absolute atomic E-state index is 11.3. The van der Waals surface area contributed by atoms with Gasteiger partial charge in [0.2, 0.25) is 5.91 Å². The maximum atomic E-state index is 11.3. The summed E-state index contributed by atoms with van der Waals surface area (Å²) in [6.07, 6.45) is 2.89. The topological polar surface area (TPSA) is 75.1 Å². The van der Waals surface area contributed by atoms with Gasteiger partial charge in [0.15, 0.2) is 5.82 Å². The van der Waals surface area contributed by atoms with Crippen LogP contribution in [0.15, 0.2) is 30.5 Å². The fraction of sp³-hybridized carbons (Fsp3) is 0.214. The van der Waals surface area contributed by atoms with E-state index in [1.807, 2.05) is 24.3 Å². The summed E-state index contributed by atoms with van der Waals surface area (Å²) in [7, 11) is 0. The largest absolute Gasteiger partial charge is 0.388 e. The molecule has 0 unspecified atom stereocenters. The lowest BCUT2D eigenvalue weighted by Crippen LogP contribution is -2.18. The number of fused-ring (bicyclic) bond motifs is 1. The van der Waals surface area contributed by atoms with Crippen molar-refractivity contribution in [2.45, 2.75) is 19.4 Å². The van der Waals surface area contributed by atoms with Crippen LogP contribution in [0.25, 0.3) is 11.3 Å². The van der Waals surface area contributed by atoms with E-state index in [2.05, 4.69) is 15.3 Å². The standard InChI is InChI=1S/C14H13N3O2/c18-8-13-15-6-5-12(16-13)9-1-3-11-10(7-9)2-4-14(19)17-11/h1,3,5-7,18H,2,4,8H2,(H,17,19). The normalized spacial score (nSPS) is 13.8. The number of carbonyl (C=O) groups is 1. The second-order valence-electron chi connectivity index (χ2n) is 4.44. The third kappa shape index (κ3) is 2.32. The first kappa shape index (κ1) is 11.8. The molecule has 1 aromatic heterocycles. The zero-order valence-corrected chi connectivity index (χ0v) is 10.3. The molecule has 0 fully saturated rings. The molecule has 2 N–H and O–H groups in total. The summed E-state index contributed by atoms with van der Waals surface area (Å²) >= 11 is 0. The minimum absolute atomic E-state index is 0.0600. The Morgan fingerprint density at radius 1 is 1.26 bits per heavy atom. The van der Waals surface area contributed by atoms with E-state index >= 15 is 0 Å². The molecule has 2 aromatic rings. The van der Waals surface area contributed by atoms with E-state index in [0.29, 0.717) is 12.2 Å². The number of nitrogens with zero attached hydrogens (tertiary/aromatic N) is 2. The van der Waals surface area contributed by atoms with Crippen LogP contribution in [0.3, 0.4) is 0 Å². The van der Waals surface area contributed by atoms with Crippen molar-refractivity contribution in [1.82, 2.24) is 9.97 Å². The molecule has 1 aromatic carbocycles. The molecule has 3 rings (SSSR count). The van der Waals surface area contributed by atoms with Crippen molar-refractivity contribution in [1.29, 1.82) is 0 Å². The average Bonchev–Trinajstić information content (AvgIpc) is 2.46. The molecular weight excluding hydrogens is 242 g/mol. The lowest BCUT2D eigenvalue weighted by molar-refractivity contribution is -0.116. The number of benzene rings is 1. The number of aryl methyl sites for hydroxylation is 1. The predicted octanol–water partition coefficient (Wildman–Crippen LogP) is 1.52. The van der Waals surface area contributed by atoms with E-state index < -0.39 is 0 Å². The number of hydrogen-bond acceptors (Lipinski definition) is 4. The van der Waals surface area contributed by atoms with Gasteiger partial charge in [-0.2, -0.15) is 0 Å². The van der Waals surface area contributed by atoms with Crippen molar-refractivity contribution in [3.63, 3.8) is 0 Å². The van der Waals surface area contributed by atoms with E-state index in [-0.39, 0.29) is 12.5 Å². The van der Waals surface area contributed by atoms with E-state index in [9.17, 15) is 4.79 Å². The van der Waals surface area contributed by atoms with Crippen molar-refractivity contribution >= 4 is 11.6 Å². The first-order valence-electron chi connectivity index (χ1n) is 6.12. The Hall–Kier alpha value is -2.27. The third-order valence-corrected chi connectivity index (χ3v) is 3.14. The van der Waals surface area contributed by atoms with Gasteiger partial charge < -0.3 is 10.4 Å². The molecule has 5 nitrogen and oxygen atoms in total. The number of nitrogens with one attached hydrogen (secondary N) is 1. The molecule has 0 saturated heterocycles. The molecule has 5 heteroatoms. The summed E-state index contributed by atoms with van der Waals surface area (Å²) in [5.74, 6) is 0.466. The van der Waals surface area contributed by atoms with Gasteiger partial charge in [-0.05, 0) is 30.2 Å². The highest BCUT2D eigenvalue weighted by Gasteiger charge is 2.15. The van der Waals surface area contributed by atoms with Crippen molar-refractivity contribution in [3.05, 3.63) is 41.9 Å². The molecule has 0 aliphatic carbocycles. The number of rotatable bonds is 2. The molecule has 0 atom stereocenters. The van der Waals surface area contributed by atoms with Crippen LogP contribution in [-0.2, 0) is 17.8 Å². The van der Waals surface area contributed by atoms with Gasteiger partial charge in [0.25, 0.3) is 0 Å². The summed E-state index contributed by atoms with van der Waals surface area (Å²) in [6, 6.07) is 7.64. The first-order chi connectivity index (χ1) is 9.26. The quantitative estimate of drug-likeness (QED) is 0.853. The summed E-state index contributed by atoms with van der Waals surface area (Å²) in [6.45, 7) is -0.172. The molecule has 0 saturated carbocycles. The van der Waals surface area contributed by atoms with Crippen LogP contribution in [0.1, 0.15) is 17.8 Å². The highest BCUT2D eigenvalue weighted by molar-refractivity contribution is 5.94. The Balaban J connectivity index is 1.99. The Labute approximate surface area is 110 Å². The fourth-order valence-electron chi connectivity index (χ4n) is 2.18. The van der Waals surface area contributed by atoms with E-state index in [4.69, 9.17) is 5.11 Å². The van der Waals surface area contributed by atoms with Crippen molar-refractivity contribution in [2.75, 3.05) is 5.32 Å². The SMILES string of the molecule is O=C1CCc2cc(-c3ccnc(CO)n3)ccc2N1. The fourth-order valence-corrected chi connectivity index (χ4v) is 2.18. The van der Waals surface area contributed by atoms with E-state index in [0.717, 1.165) is 28.9 Å². The molecule has 1 aliphatic rings. The number of aromatic nitrogens is 2. The average molecular weight is 255 g/mol. The monoisotopic (exact) mass is 255 g/mol. The van der Waals surface area contributed by atoms with E-state index in [1.54, 1.807) is 6.20 Å². The van der Waals surface area contributed by atoms with Crippen LogP contribution in [0.5, 0.6) is 0 Å². The minimum Gasteiger partial charge on any atom is -0.388 e. The van der Waals surface area contributed by atoms with Gasteiger partial charge >= 0.3 is 0 Å². The lowest BCUT2D eigenvalue weighted by atomic mass is 9.99. The third-order valence-electron chi connectivity index (χ3n) is 3.14. The van der Waals surface area contributed by atoms with Crippen LogP contribution < -0.4 is 5.32 Å². The molecule has 1 amide bonds. The summed E-state index contributed by atoms with van der Waals surface area (Å²) in [4.78, 5) is 19.5. The smallest absolute Gasteiger partial charge is 0.224 e. The zero-order chi connectivity index (χ0) is 13.2. The Morgan fingerprint density at radius 2 is 2.16 bits per heavy atom. The minimum atomic E-state index is -0.172. The van der Waals surface area contributed by atoms with Gasteiger partial charge in [-0.25, -0.2) is 9.97 Å². The summed E-state index contributed by atoms with van der Waals surface area (Å²) < 4.78 is 0. The summed E-state index contributed by atoms with van der Waals surface area (Å²) in [5, 5.41) is 11.9. The molecule has 1 aliphatic heterocycles. The number of anilines is 1. The Kier molecular flexibility index (Phi) is 2.97. The van der Waals surface area contributed by atoms with Crippen LogP contribution in [0, 0.1) is 0 Å². The van der Waals surface area contributed by atoms with Gasteiger partial charge in [-0.3, -0.25) is 4.79 Å². The molecule has 96 valence electrons. The molecule has 2 heterocycles. The molecule has 0 radical (unpaired) electrons. The molecule has 0 spiro atoms. The maximum Gasteiger partial charge on any atom is 0.224 e. The van der Waals surface area contributed by atoms with Crippen molar-refractivity contribution in [3.8, 4) is 11.3 Å². The number of aliphatic hydroxyl groups excluding tert-OH is 1. The van der Waals surface area contributed by atoms with Crippen LogP contribution in [0.4, 0.5) is 5.69 Å². The highest BCUT2D eigenvalue weighted by atomic mass is 16.3. The van der Waals surface area contributed by atoms with Gasteiger partial charge in [0.05, 0.1) is 5.69 Å². The number of amides is 1.